The maximum atomic E-state index is 11.0. The molecule has 2 unspecified atom stereocenters. The fraction of sp³-hybridized carbons (Fsp3) is 0.587. The normalized spacial score (nSPS) is 12.7. The summed E-state index contributed by atoms with van der Waals surface area (Å²) in [6.45, 7) is 0. The molecule has 0 fully saturated rings. The lowest BCUT2D eigenvalue weighted by molar-refractivity contribution is -0.109. The first-order valence-corrected chi connectivity index (χ1v) is 19.2. The van der Waals surface area contributed by atoms with E-state index in [4.69, 9.17) is 12.8 Å². The molecule has 0 aromatic heterocycles. The number of unbranched alkanes of at least 4 members (excludes halogenated alkanes) is 21. The van der Waals surface area contributed by atoms with Crippen molar-refractivity contribution in [2.24, 2.45) is 0 Å². The summed E-state index contributed by atoms with van der Waals surface area (Å²) in [6.07, 6.45) is 58.0. The zero-order valence-electron chi connectivity index (χ0n) is 30.6. The van der Waals surface area contributed by atoms with Gasteiger partial charge in [-0.25, -0.2) is 0 Å². The second-order valence-corrected chi connectivity index (χ2v) is 12.6. The molecule has 0 aliphatic carbocycles. The van der Waals surface area contributed by atoms with Gasteiger partial charge in [0, 0.05) is 6.42 Å². The number of hydrogen-bond donors (Lipinski definition) is 2. The molecule has 0 rings (SSSR count). The van der Waals surface area contributed by atoms with Crippen LogP contribution in [-0.2, 0) is 4.79 Å². The molecule has 0 aromatic carbocycles. The lowest BCUT2D eigenvalue weighted by Gasteiger charge is -2.02. The van der Waals surface area contributed by atoms with Gasteiger partial charge in [0.1, 0.15) is 6.10 Å². The van der Waals surface area contributed by atoms with Crippen LogP contribution in [-0.4, -0.2) is 28.2 Å². The van der Waals surface area contributed by atoms with E-state index >= 15 is 0 Å². The van der Waals surface area contributed by atoms with Crippen molar-refractivity contribution in [3.8, 4) is 48.4 Å². The van der Waals surface area contributed by atoms with Gasteiger partial charge in [-0.1, -0.05) is 143 Å². The Labute approximate surface area is 301 Å². The van der Waals surface area contributed by atoms with E-state index in [2.05, 4.69) is 65.9 Å². The van der Waals surface area contributed by atoms with Crippen LogP contribution in [0.25, 0.3) is 0 Å². The van der Waals surface area contributed by atoms with Crippen LogP contribution >= 0.6 is 0 Å². The van der Waals surface area contributed by atoms with E-state index in [9.17, 15) is 15.0 Å². The number of terminal acetylenes is 2. The maximum Gasteiger partial charge on any atom is 0.228 e. The second-order valence-electron chi connectivity index (χ2n) is 12.6. The summed E-state index contributed by atoms with van der Waals surface area (Å²) in [5.41, 5.74) is 0. The minimum atomic E-state index is -0.876. The Hall–Kier alpha value is -3.47. The van der Waals surface area contributed by atoms with Gasteiger partial charge < -0.3 is 10.2 Å². The summed E-state index contributed by atoms with van der Waals surface area (Å²) >= 11 is 0. The van der Waals surface area contributed by atoms with E-state index in [0.717, 1.165) is 70.6 Å². The van der Waals surface area contributed by atoms with Crippen LogP contribution in [0.15, 0.2) is 60.8 Å². The molecule has 3 heteroatoms. The number of allylic oxidation sites excluding steroid dienone is 9. The molecule has 0 aromatic rings. The standard InChI is InChI=1S/C46H66O3/c1-3-44(47)40-36-32-28-24-20-16-12-10-8-6-5-7-9-11-13-18-22-26-30-34-38-42-46(49)43-39-35-31-27-23-19-15-14-17-21-25-29-33-37-41-45(48)4-2/h1-2,13,15,18-19,30,34,36-37,40-41,45-46,48-49H,5-12,14,16-17,20-29,31-33,35H2/b18-13-,19-15-,34-30+,40-36+,41-37+. The average Bonchev–Trinajstić information content (AvgIpc) is 3.11. The van der Waals surface area contributed by atoms with Crippen LogP contribution in [0.5, 0.6) is 0 Å². The van der Waals surface area contributed by atoms with Crippen molar-refractivity contribution in [1.82, 2.24) is 0 Å². The Bertz CT molecular complexity index is 1150. The molecule has 0 aliphatic rings. The van der Waals surface area contributed by atoms with E-state index in [1.54, 1.807) is 6.08 Å². The lowest BCUT2D eigenvalue weighted by atomic mass is 10.0. The Morgan fingerprint density at radius 2 is 0.980 bits per heavy atom. The Morgan fingerprint density at radius 1 is 0.531 bits per heavy atom. The number of carbonyl (C=O) groups excluding carboxylic acids is 1. The molecule has 0 radical (unpaired) electrons. The third-order valence-electron chi connectivity index (χ3n) is 8.05. The molecule has 268 valence electrons. The number of ketones is 1. The summed E-state index contributed by atoms with van der Waals surface area (Å²) < 4.78 is 0. The van der Waals surface area contributed by atoms with Crippen molar-refractivity contribution >= 4 is 5.78 Å². The fourth-order valence-electron chi connectivity index (χ4n) is 5.13. The van der Waals surface area contributed by atoms with Crippen molar-refractivity contribution in [3.63, 3.8) is 0 Å². The highest BCUT2D eigenvalue weighted by molar-refractivity contribution is 6.03. The number of aliphatic hydroxyl groups is 2. The predicted molar refractivity (Wildman–Crippen MR) is 211 cm³/mol. The molecular formula is C46H66O3. The van der Waals surface area contributed by atoms with Crippen molar-refractivity contribution in [1.29, 1.82) is 0 Å². The van der Waals surface area contributed by atoms with Gasteiger partial charge in [0.2, 0.25) is 5.78 Å². The van der Waals surface area contributed by atoms with Gasteiger partial charge in [0.25, 0.3) is 0 Å². The van der Waals surface area contributed by atoms with Crippen molar-refractivity contribution in [2.75, 3.05) is 0 Å². The monoisotopic (exact) mass is 667 g/mol. The molecule has 0 saturated heterocycles. The zero-order chi connectivity index (χ0) is 35.7. The highest BCUT2D eigenvalue weighted by Gasteiger charge is 1.95. The second kappa shape index (κ2) is 39.0. The van der Waals surface area contributed by atoms with Crippen LogP contribution in [0.1, 0.15) is 161 Å². The lowest BCUT2D eigenvalue weighted by Crippen LogP contribution is -1.97. The first-order valence-electron chi connectivity index (χ1n) is 19.2. The van der Waals surface area contributed by atoms with Gasteiger partial charge in [-0.3, -0.25) is 4.79 Å². The van der Waals surface area contributed by atoms with Gasteiger partial charge in [-0.15, -0.1) is 12.8 Å². The molecule has 0 spiro atoms. The number of aliphatic hydroxyl groups excluding tert-OH is 2. The first-order chi connectivity index (χ1) is 24.1. The molecule has 0 bridgehead atoms. The van der Waals surface area contributed by atoms with E-state index in [1.165, 1.54) is 96.0 Å². The molecule has 0 amide bonds. The van der Waals surface area contributed by atoms with Crippen molar-refractivity contribution in [3.05, 3.63) is 60.8 Å². The van der Waals surface area contributed by atoms with Crippen molar-refractivity contribution < 1.29 is 15.0 Å². The van der Waals surface area contributed by atoms with Gasteiger partial charge in [-0.2, -0.15) is 0 Å². The quantitative estimate of drug-likeness (QED) is 0.0264. The molecule has 0 heterocycles. The largest absolute Gasteiger partial charge is 0.377 e. The van der Waals surface area contributed by atoms with Crippen LogP contribution in [0.2, 0.25) is 0 Å². The minimum absolute atomic E-state index is 0.235. The predicted octanol–water partition coefficient (Wildman–Crippen LogP) is 11.1. The molecule has 2 atom stereocenters. The van der Waals surface area contributed by atoms with Gasteiger partial charge >= 0.3 is 0 Å². The summed E-state index contributed by atoms with van der Waals surface area (Å²) in [7, 11) is 0. The third kappa shape index (κ3) is 38.9. The van der Waals surface area contributed by atoms with E-state index in [1.807, 2.05) is 18.2 Å². The van der Waals surface area contributed by atoms with Crippen LogP contribution < -0.4 is 0 Å². The average molecular weight is 667 g/mol. The topological polar surface area (TPSA) is 57.5 Å². The van der Waals surface area contributed by atoms with Crippen LogP contribution in [0.3, 0.4) is 0 Å². The molecule has 49 heavy (non-hydrogen) atoms. The molecule has 3 nitrogen and oxygen atoms in total. The van der Waals surface area contributed by atoms with Gasteiger partial charge in [0.15, 0.2) is 6.10 Å². The van der Waals surface area contributed by atoms with Gasteiger partial charge in [-0.05, 0) is 108 Å². The Kier molecular flexibility index (Phi) is 36.2. The highest BCUT2D eigenvalue weighted by atomic mass is 16.3. The molecular weight excluding hydrogens is 601 g/mol. The van der Waals surface area contributed by atoms with Gasteiger partial charge in [0.05, 0.1) is 0 Å². The number of hydrogen-bond acceptors (Lipinski definition) is 3. The van der Waals surface area contributed by atoms with Crippen molar-refractivity contribution in [2.45, 2.75) is 173 Å². The SMILES string of the molecule is C#CC(=O)/C=C/CCCCCCCCCCCCC/C=C\CC/C=C/C#CC(O)C#CCCCC/C=C\CCCCCC/C=C/C(O)C#C. The number of rotatable bonds is 30. The van der Waals surface area contributed by atoms with E-state index in [-0.39, 0.29) is 5.78 Å². The van der Waals surface area contributed by atoms with Crippen LogP contribution in [0.4, 0.5) is 0 Å². The Morgan fingerprint density at radius 3 is 1.51 bits per heavy atom. The van der Waals surface area contributed by atoms with E-state index < -0.39 is 12.2 Å². The van der Waals surface area contributed by atoms with E-state index in [0.29, 0.717) is 0 Å². The number of carbonyl (C=O) groups is 1. The Balaban J connectivity index is 3.52. The molecule has 2 N–H and O–H groups in total. The molecule has 0 aliphatic heterocycles. The summed E-state index contributed by atoms with van der Waals surface area (Å²) in [5.74, 6) is 15.7. The zero-order valence-corrected chi connectivity index (χ0v) is 30.6. The molecule has 0 saturated carbocycles. The minimum Gasteiger partial charge on any atom is -0.377 e. The third-order valence-corrected chi connectivity index (χ3v) is 8.05. The summed E-state index contributed by atoms with van der Waals surface area (Å²) in [6, 6.07) is 0. The smallest absolute Gasteiger partial charge is 0.228 e. The fourth-order valence-corrected chi connectivity index (χ4v) is 5.13. The van der Waals surface area contributed by atoms with Crippen LogP contribution in [0, 0.1) is 48.4 Å². The summed E-state index contributed by atoms with van der Waals surface area (Å²) in [4.78, 5) is 11.0. The maximum absolute atomic E-state index is 11.0. The first kappa shape index (κ1) is 45.5. The summed E-state index contributed by atoms with van der Waals surface area (Å²) in [5, 5.41) is 19.2. The highest BCUT2D eigenvalue weighted by Crippen LogP contribution is 2.13.